The molecule has 0 saturated heterocycles. The summed E-state index contributed by atoms with van der Waals surface area (Å²) in [5, 5.41) is 3.93. The lowest BCUT2D eigenvalue weighted by atomic mass is 9.79. The predicted octanol–water partition coefficient (Wildman–Crippen LogP) is 10.0. The van der Waals surface area contributed by atoms with Gasteiger partial charge in [0.1, 0.15) is 35.4 Å². The van der Waals surface area contributed by atoms with Crippen LogP contribution in [0.1, 0.15) is 61.4 Å². The summed E-state index contributed by atoms with van der Waals surface area (Å²) in [5.74, 6) is 0.959. The topological polar surface area (TPSA) is 40.6 Å². The van der Waals surface area contributed by atoms with Gasteiger partial charge in [-0.2, -0.15) is 4.40 Å². The molecule has 51 heavy (non-hydrogen) atoms. The maximum atomic E-state index is 4.79. The molecule has 6 heteroatoms. The van der Waals surface area contributed by atoms with Crippen molar-refractivity contribution < 1.29 is 4.57 Å². The highest BCUT2D eigenvalue weighted by Gasteiger charge is 2.44. The quantitative estimate of drug-likeness (QED) is 0.131. The summed E-state index contributed by atoms with van der Waals surface area (Å²) in [4.78, 5) is 13.8. The first kappa shape index (κ1) is 31.5. The molecular weight excluding hydrogens is 625 g/mol. The average molecular weight is 670 g/mol. The molecule has 1 unspecified atom stereocenters. The van der Waals surface area contributed by atoms with Gasteiger partial charge < -0.3 is 9.80 Å². The van der Waals surface area contributed by atoms with Crippen LogP contribution in [-0.2, 0) is 12.0 Å². The number of benzene rings is 4. The van der Waals surface area contributed by atoms with Crippen molar-refractivity contribution in [2.75, 3.05) is 16.8 Å². The molecule has 2 aliphatic rings. The minimum Gasteiger partial charge on any atom is -0.350 e. The zero-order chi connectivity index (χ0) is 35.2. The van der Waals surface area contributed by atoms with Gasteiger partial charge >= 0.3 is 0 Å². The van der Waals surface area contributed by atoms with E-state index in [0.717, 1.165) is 30.8 Å². The molecule has 0 aliphatic carbocycles. The second-order valence-electron chi connectivity index (χ2n) is 14.7. The fourth-order valence-corrected chi connectivity index (χ4v) is 9.34. The molecule has 1 atom stereocenters. The highest BCUT2D eigenvalue weighted by Crippen LogP contribution is 2.46. The second kappa shape index (κ2) is 11.5. The first-order valence-electron chi connectivity index (χ1n) is 18.4. The van der Waals surface area contributed by atoms with Crippen molar-refractivity contribution in [2.45, 2.75) is 72.5 Å². The number of pyridine rings is 1. The van der Waals surface area contributed by atoms with Gasteiger partial charge in [-0.3, -0.25) is 0 Å². The maximum absolute atomic E-state index is 4.79. The van der Waals surface area contributed by atoms with Crippen LogP contribution in [0.25, 0.3) is 44.7 Å². The molecule has 3 aromatic heterocycles. The minimum absolute atomic E-state index is 0.109. The number of hydrogen-bond donors (Lipinski definition) is 0. The van der Waals surface area contributed by atoms with Crippen LogP contribution in [0.15, 0.2) is 103 Å². The van der Waals surface area contributed by atoms with Gasteiger partial charge in [0, 0.05) is 35.5 Å². The van der Waals surface area contributed by atoms with Crippen molar-refractivity contribution >= 4 is 50.6 Å². The Hall–Kier alpha value is -5.49. The van der Waals surface area contributed by atoms with E-state index in [4.69, 9.17) is 4.98 Å². The monoisotopic (exact) mass is 669 g/mol. The van der Waals surface area contributed by atoms with Crippen molar-refractivity contribution in [3.05, 3.63) is 131 Å². The van der Waals surface area contributed by atoms with E-state index in [1.54, 1.807) is 6.33 Å². The lowest BCUT2D eigenvalue weighted by Crippen LogP contribution is -2.56. The summed E-state index contributed by atoms with van der Waals surface area (Å²) in [6, 6.07) is 29.5. The standard InChI is InChI=1S/C45H45N6/c1-8-45(9-2)34(23-32-16-10-11-19-37(32)50-31(6)48(7)39-25-46-27-47-43(39)50)24-33-17-13-18-35-36-22-28(3)20-21-38(36)51-40(26-49(45)44(51)42(33)35)41-29(4)14-12-15-30(41)5/h10-22,24-27,31H,8-9,23H2,1-7H3/q+1. The summed E-state index contributed by atoms with van der Waals surface area (Å²) >= 11 is 0. The largest absolute Gasteiger partial charge is 0.350 e. The van der Waals surface area contributed by atoms with E-state index in [1.807, 2.05) is 6.20 Å². The smallest absolute Gasteiger partial charge is 0.296 e. The molecular formula is C45H45N6+. The Labute approximate surface area is 300 Å². The first-order valence-corrected chi connectivity index (χ1v) is 18.4. The molecule has 0 radical (unpaired) electrons. The van der Waals surface area contributed by atoms with E-state index in [-0.39, 0.29) is 11.7 Å². The minimum atomic E-state index is -0.259. The number of anilines is 3. The Bertz CT molecular complexity index is 2550. The van der Waals surface area contributed by atoms with Gasteiger partial charge in [-0.25, -0.2) is 14.5 Å². The second-order valence-corrected chi connectivity index (χ2v) is 14.7. The van der Waals surface area contributed by atoms with Crippen molar-refractivity contribution in [1.82, 2.24) is 14.4 Å². The molecule has 0 fully saturated rings. The third-order valence-corrected chi connectivity index (χ3v) is 12.1. The number of aryl methyl sites for hydroxylation is 3. The molecule has 4 aromatic carbocycles. The fraction of sp³-hybridized carbons (Fsp3) is 0.267. The third-order valence-electron chi connectivity index (χ3n) is 12.1. The highest BCUT2D eigenvalue weighted by molar-refractivity contribution is 6.15. The lowest BCUT2D eigenvalue weighted by molar-refractivity contribution is -0.731. The summed E-state index contributed by atoms with van der Waals surface area (Å²) in [7, 11) is 2.13. The van der Waals surface area contributed by atoms with E-state index in [2.05, 4.69) is 163 Å². The van der Waals surface area contributed by atoms with Crippen LogP contribution >= 0.6 is 0 Å². The van der Waals surface area contributed by atoms with Crippen LogP contribution in [0, 0.1) is 20.8 Å². The zero-order valence-electron chi connectivity index (χ0n) is 30.7. The Morgan fingerprint density at radius 1 is 0.843 bits per heavy atom. The third kappa shape index (κ3) is 4.38. The normalized spacial score (nSPS) is 16.4. The van der Waals surface area contributed by atoms with Crippen LogP contribution in [0.3, 0.4) is 0 Å². The molecule has 2 aliphatic heterocycles. The number of allylic oxidation sites excluding steroid dienone is 1. The van der Waals surface area contributed by atoms with Gasteiger partial charge in [0.15, 0.2) is 11.5 Å². The van der Waals surface area contributed by atoms with E-state index in [1.165, 1.54) is 77.7 Å². The predicted molar refractivity (Wildman–Crippen MR) is 211 cm³/mol. The number of para-hydroxylation sites is 1. The molecule has 0 N–H and O–H groups in total. The van der Waals surface area contributed by atoms with E-state index in [9.17, 15) is 0 Å². The highest BCUT2D eigenvalue weighted by atomic mass is 15.4. The van der Waals surface area contributed by atoms with Gasteiger partial charge in [-0.05, 0) is 86.6 Å². The molecule has 5 heterocycles. The van der Waals surface area contributed by atoms with E-state index in [0.29, 0.717) is 0 Å². The summed E-state index contributed by atoms with van der Waals surface area (Å²) in [6.07, 6.45) is 11.5. The molecule has 9 rings (SSSR count). The number of rotatable bonds is 6. The van der Waals surface area contributed by atoms with Crippen molar-refractivity contribution in [2.24, 2.45) is 0 Å². The Kier molecular flexibility index (Phi) is 7.12. The molecule has 0 bridgehead atoms. The van der Waals surface area contributed by atoms with Gasteiger partial charge in [-0.1, -0.05) is 86.2 Å². The number of imidazole rings is 1. The van der Waals surface area contributed by atoms with Gasteiger partial charge in [0.2, 0.25) is 0 Å². The molecule has 0 saturated carbocycles. The number of aromatic nitrogens is 4. The summed E-state index contributed by atoms with van der Waals surface area (Å²) in [6.45, 7) is 13.7. The van der Waals surface area contributed by atoms with Crippen LogP contribution < -0.4 is 14.4 Å². The van der Waals surface area contributed by atoms with Crippen molar-refractivity contribution in [1.29, 1.82) is 0 Å². The first-order chi connectivity index (χ1) is 24.8. The zero-order valence-corrected chi connectivity index (χ0v) is 30.7. The average Bonchev–Trinajstić information content (AvgIpc) is 3.61. The molecule has 6 nitrogen and oxygen atoms in total. The number of nitrogens with zero attached hydrogens (tertiary/aromatic N) is 6. The van der Waals surface area contributed by atoms with Crippen molar-refractivity contribution in [3.8, 4) is 11.3 Å². The van der Waals surface area contributed by atoms with Crippen molar-refractivity contribution in [3.63, 3.8) is 0 Å². The van der Waals surface area contributed by atoms with E-state index < -0.39 is 0 Å². The lowest BCUT2D eigenvalue weighted by Gasteiger charge is -2.33. The fourth-order valence-electron chi connectivity index (χ4n) is 9.34. The number of hydrogen-bond acceptors (Lipinski definition) is 4. The Morgan fingerprint density at radius 2 is 1.61 bits per heavy atom. The van der Waals surface area contributed by atoms with Crippen LogP contribution in [-0.4, -0.2) is 27.6 Å². The van der Waals surface area contributed by atoms with Crippen LogP contribution in [0.4, 0.5) is 17.2 Å². The summed E-state index contributed by atoms with van der Waals surface area (Å²) < 4.78 is 5.26. The molecule has 0 spiro atoms. The maximum Gasteiger partial charge on any atom is 0.296 e. The Balaban J connectivity index is 1.35. The van der Waals surface area contributed by atoms with Gasteiger partial charge in [0.05, 0.1) is 11.6 Å². The Morgan fingerprint density at radius 3 is 2.39 bits per heavy atom. The SMILES string of the molecule is CCC1(CC)C(Cc2ccccc2N2c3ncncc3N(C)C2C)=Cc2cccc3c4cc(C)ccc4n4c(-c5c(C)cccc5C)c[n+]1c4c23. The summed E-state index contributed by atoms with van der Waals surface area (Å²) in [5.41, 5.74) is 15.0. The van der Waals surface area contributed by atoms with Crippen LogP contribution in [0.5, 0.6) is 0 Å². The number of fused-ring (bicyclic) bond motifs is 4. The van der Waals surface area contributed by atoms with Gasteiger partial charge in [-0.15, -0.1) is 0 Å². The molecule has 0 amide bonds. The van der Waals surface area contributed by atoms with Gasteiger partial charge in [0.25, 0.3) is 5.65 Å². The molecule has 7 aromatic rings. The molecule has 254 valence electrons. The van der Waals surface area contributed by atoms with E-state index >= 15 is 0 Å². The van der Waals surface area contributed by atoms with Crippen LogP contribution in [0.2, 0.25) is 0 Å².